The molecule has 0 bridgehead atoms. The van der Waals surface area contributed by atoms with Crippen LogP contribution in [0.4, 0.5) is 0 Å². The zero-order chi connectivity index (χ0) is 14.7. The number of methoxy groups -OCH3 is 1. The van der Waals surface area contributed by atoms with Crippen molar-refractivity contribution in [2.45, 2.75) is 37.8 Å². The van der Waals surface area contributed by atoms with Crippen LogP contribution in [-0.4, -0.2) is 59.6 Å². The van der Waals surface area contributed by atoms with Crippen molar-refractivity contribution in [1.82, 2.24) is 14.8 Å². The fraction of sp³-hybridized carbons (Fsp3) is 0.733. The molecule has 1 aromatic heterocycles. The SMILES string of the molecule is COCCN1CCCC2(CCCN2Cc2cscn2)C1=O. The summed E-state index contributed by atoms with van der Waals surface area (Å²) in [6.45, 7) is 4.00. The molecule has 2 fully saturated rings. The fourth-order valence-electron chi connectivity index (χ4n) is 3.68. The van der Waals surface area contributed by atoms with Gasteiger partial charge >= 0.3 is 0 Å². The van der Waals surface area contributed by atoms with E-state index in [2.05, 4.69) is 15.3 Å². The first-order chi connectivity index (χ1) is 10.3. The fourth-order valence-corrected chi connectivity index (χ4v) is 4.23. The van der Waals surface area contributed by atoms with Gasteiger partial charge < -0.3 is 9.64 Å². The number of aromatic nitrogens is 1. The van der Waals surface area contributed by atoms with Crippen molar-refractivity contribution in [3.63, 3.8) is 0 Å². The number of likely N-dealkylation sites (tertiary alicyclic amines) is 2. The van der Waals surface area contributed by atoms with E-state index in [1.165, 1.54) is 0 Å². The van der Waals surface area contributed by atoms with Gasteiger partial charge in [-0.3, -0.25) is 9.69 Å². The number of carbonyl (C=O) groups is 1. The van der Waals surface area contributed by atoms with Crippen LogP contribution in [0.2, 0.25) is 0 Å². The summed E-state index contributed by atoms with van der Waals surface area (Å²) in [5, 5.41) is 2.09. The minimum atomic E-state index is -0.282. The third-order valence-electron chi connectivity index (χ3n) is 4.73. The summed E-state index contributed by atoms with van der Waals surface area (Å²) in [5.41, 5.74) is 2.67. The summed E-state index contributed by atoms with van der Waals surface area (Å²) in [4.78, 5) is 21.7. The quantitative estimate of drug-likeness (QED) is 0.831. The van der Waals surface area contributed by atoms with Crippen molar-refractivity contribution in [2.75, 3.05) is 33.4 Å². The number of hydrogen-bond donors (Lipinski definition) is 0. The number of hydrogen-bond acceptors (Lipinski definition) is 5. The molecule has 3 rings (SSSR count). The number of ether oxygens (including phenoxy) is 1. The summed E-state index contributed by atoms with van der Waals surface area (Å²) in [5.74, 6) is 0.304. The largest absolute Gasteiger partial charge is 0.383 e. The summed E-state index contributed by atoms with van der Waals surface area (Å²) >= 11 is 1.62. The number of nitrogens with zero attached hydrogens (tertiary/aromatic N) is 3. The van der Waals surface area contributed by atoms with Gasteiger partial charge in [0.1, 0.15) is 5.54 Å². The third kappa shape index (κ3) is 2.84. The predicted molar refractivity (Wildman–Crippen MR) is 82.2 cm³/mol. The molecule has 0 saturated carbocycles. The number of thiazole rings is 1. The Balaban J connectivity index is 1.75. The van der Waals surface area contributed by atoms with E-state index < -0.39 is 0 Å². The molecule has 5 nitrogen and oxygen atoms in total. The first kappa shape index (κ1) is 14.9. The first-order valence-corrected chi connectivity index (χ1v) is 8.61. The Morgan fingerprint density at radius 1 is 1.38 bits per heavy atom. The van der Waals surface area contributed by atoms with Crippen LogP contribution in [0, 0.1) is 0 Å². The summed E-state index contributed by atoms with van der Waals surface area (Å²) < 4.78 is 5.14. The Morgan fingerprint density at radius 2 is 2.19 bits per heavy atom. The van der Waals surface area contributed by atoms with Gasteiger partial charge in [0.25, 0.3) is 0 Å². The summed E-state index contributed by atoms with van der Waals surface area (Å²) in [6.07, 6.45) is 4.16. The molecule has 0 N–H and O–H groups in total. The van der Waals surface area contributed by atoms with E-state index in [4.69, 9.17) is 4.74 Å². The van der Waals surface area contributed by atoms with Gasteiger partial charge in [-0.15, -0.1) is 11.3 Å². The van der Waals surface area contributed by atoms with Gasteiger partial charge in [-0.25, -0.2) is 4.98 Å². The average molecular weight is 309 g/mol. The van der Waals surface area contributed by atoms with E-state index in [1.807, 2.05) is 10.4 Å². The maximum atomic E-state index is 13.0. The van der Waals surface area contributed by atoms with Crippen molar-refractivity contribution in [1.29, 1.82) is 0 Å². The lowest BCUT2D eigenvalue weighted by Gasteiger charge is -2.44. The van der Waals surface area contributed by atoms with Gasteiger partial charge in [-0.05, 0) is 32.2 Å². The lowest BCUT2D eigenvalue weighted by Crippen LogP contribution is -2.60. The molecule has 2 aliphatic rings. The Bertz CT molecular complexity index is 479. The van der Waals surface area contributed by atoms with Crippen molar-refractivity contribution in [2.24, 2.45) is 0 Å². The predicted octanol–water partition coefficient (Wildman–Crippen LogP) is 1.75. The van der Waals surface area contributed by atoms with Crippen molar-refractivity contribution >= 4 is 17.2 Å². The van der Waals surface area contributed by atoms with Crippen LogP contribution in [-0.2, 0) is 16.1 Å². The lowest BCUT2D eigenvalue weighted by atomic mass is 9.85. The molecule has 2 saturated heterocycles. The highest BCUT2D eigenvalue weighted by atomic mass is 32.1. The second-order valence-electron chi connectivity index (χ2n) is 5.93. The minimum absolute atomic E-state index is 0.282. The molecule has 1 aromatic rings. The Kier molecular flexibility index (Phi) is 4.57. The summed E-state index contributed by atoms with van der Waals surface area (Å²) in [7, 11) is 1.69. The molecule has 116 valence electrons. The Hall–Kier alpha value is -0.980. The zero-order valence-corrected chi connectivity index (χ0v) is 13.4. The number of carbonyl (C=O) groups excluding carboxylic acids is 1. The molecule has 2 aliphatic heterocycles. The molecule has 3 heterocycles. The molecule has 1 spiro atoms. The highest BCUT2D eigenvalue weighted by Crippen LogP contribution is 2.39. The molecule has 21 heavy (non-hydrogen) atoms. The van der Waals surface area contributed by atoms with Crippen LogP contribution in [0.15, 0.2) is 10.9 Å². The number of piperidine rings is 1. The summed E-state index contributed by atoms with van der Waals surface area (Å²) in [6, 6.07) is 0. The van der Waals surface area contributed by atoms with Gasteiger partial charge in [-0.2, -0.15) is 0 Å². The molecule has 0 aromatic carbocycles. The number of amides is 1. The smallest absolute Gasteiger partial charge is 0.243 e. The second-order valence-corrected chi connectivity index (χ2v) is 6.64. The highest BCUT2D eigenvalue weighted by molar-refractivity contribution is 7.07. The second kappa shape index (κ2) is 6.42. The Morgan fingerprint density at radius 3 is 2.90 bits per heavy atom. The Labute approximate surface area is 129 Å². The third-order valence-corrected chi connectivity index (χ3v) is 5.36. The molecule has 6 heteroatoms. The average Bonchev–Trinajstić information content (AvgIpc) is 3.13. The lowest BCUT2D eigenvalue weighted by molar-refractivity contribution is -0.148. The van der Waals surface area contributed by atoms with Crippen molar-refractivity contribution < 1.29 is 9.53 Å². The van der Waals surface area contributed by atoms with Crippen LogP contribution < -0.4 is 0 Å². The topological polar surface area (TPSA) is 45.7 Å². The minimum Gasteiger partial charge on any atom is -0.383 e. The van der Waals surface area contributed by atoms with Crippen LogP contribution in [0.3, 0.4) is 0 Å². The molecule has 1 atom stereocenters. The van der Waals surface area contributed by atoms with Crippen LogP contribution >= 0.6 is 11.3 Å². The molecular weight excluding hydrogens is 286 g/mol. The molecule has 0 radical (unpaired) electrons. The monoisotopic (exact) mass is 309 g/mol. The van der Waals surface area contributed by atoms with Gasteiger partial charge in [0.05, 0.1) is 17.8 Å². The van der Waals surface area contributed by atoms with E-state index in [0.717, 1.165) is 51.0 Å². The van der Waals surface area contributed by atoms with Gasteiger partial charge in [-0.1, -0.05) is 0 Å². The molecule has 1 amide bonds. The van der Waals surface area contributed by atoms with E-state index in [9.17, 15) is 4.79 Å². The number of rotatable bonds is 5. The van der Waals surface area contributed by atoms with Crippen molar-refractivity contribution in [3.05, 3.63) is 16.6 Å². The maximum Gasteiger partial charge on any atom is 0.243 e. The van der Waals surface area contributed by atoms with Crippen LogP contribution in [0.25, 0.3) is 0 Å². The van der Waals surface area contributed by atoms with E-state index in [0.29, 0.717) is 19.1 Å². The van der Waals surface area contributed by atoms with Crippen LogP contribution in [0.1, 0.15) is 31.4 Å². The maximum absolute atomic E-state index is 13.0. The molecule has 0 aliphatic carbocycles. The zero-order valence-electron chi connectivity index (χ0n) is 12.6. The van der Waals surface area contributed by atoms with Gasteiger partial charge in [0.2, 0.25) is 5.91 Å². The van der Waals surface area contributed by atoms with Gasteiger partial charge in [0.15, 0.2) is 0 Å². The van der Waals surface area contributed by atoms with Crippen molar-refractivity contribution in [3.8, 4) is 0 Å². The molecular formula is C15H23N3O2S. The van der Waals surface area contributed by atoms with E-state index >= 15 is 0 Å². The highest BCUT2D eigenvalue weighted by Gasteiger charge is 2.50. The van der Waals surface area contributed by atoms with Crippen LogP contribution in [0.5, 0.6) is 0 Å². The van der Waals surface area contributed by atoms with E-state index in [-0.39, 0.29) is 5.54 Å². The van der Waals surface area contributed by atoms with E-state index in [1.54, 1.807) is 18.4 Å². The normalized spacial score (nSPS) is 26.9. The first-order valence-electron chi connectivity index (χ1n) is 7.67. The standard InChI is InChI=1S/C15H23N3O2S/c1-20-9-8-17-6-2-4-15(14(17)19)5-3-7-18(15)10-13-11-21-12-16-13/h11-12H,2-10H2,1H3. The van der Waals surface area contributed by atoms with Gasteiger partial charge in [0, 0.05) is 32.1 Å². The molecule has 1 unspecified atom stereocenters.